The minimum Gasteiger partial charge on any atom is -0.479 e. The molecular weight excluding hydrogens is 1900 g/mol. The third-order valence-corrected chi connectivity index (χ3v) is 16.2. The van der Waals surface area contributed by atoms with Gasteiger partial charge in [-0.3, -0.25) is 14.3 Å². The van der Waals surface area contributed by atoms with Gasteiger partial charge in [-0.25, -0.2) is 34.7 Å². The fourth-order valence-corrected chi connectivity index (χ4v) is 11.8. The maximum absolute atomic E-state index is 14.8. The zero-order valence-electron chi connectivity index (χ0n) is 62.2. The van der Waals surface area contributed by atoms with Crippen LogP contribution in [0.2, 0.25) is 0 Å². The molecule has 0 aliphatic carbocycles. The molecule has 712 valence electrons. The van der Waals surface area contributed by atoms with Crippen molar-refractivity contribution in [3.05, 3.63) is 56.4 Å². The van der Waals surface area contributed by atoms with Gasteiger partial charge in [0, 0.05) is 29.3 Å². The van der Waals surface area contributed by atoms with Gasteiger partial charge >= 0.3 is 79.8 Å². The van der Waals surface area contributed by atoms with Crippen molar-refractivity contribution >= 4 is 44.1 Å². The second-order valence-electron chi connectivity index (χ2n) is 26.5. The highest BCUT2D eigenvalue weighted by atomic mass is 19.5. The number of rotatable bonds is 26. The summed E-state index contributed by atoms with van der Waals surface area (Å²) in [6.07, 6.45) is -76.8. The Labute approximate surface area is 689 Å². The largest absolute Gasteiger partial charge is 0.479 e. The Morgan fingerprint density at radius 1 is 0.346 bits per heavy atom. The molecule has 0 saturated carbocycles. The summed E-state index contributed by atoms with van der Waals surface area (Å²) >= 11 is 0. The zero-order valence-corrected chi connectivity index (χ0v) is 62.2. The monoisotopic (exact) mass is 1940 g/mol. The van der Waals surface area contributed by atoms with E-state index in [4.69, 9.17) is 33.2 Å². The average Bonchev–Trinajstić information content (AvgIpc) is 1.55. The van der Waals surface area contributed by atoms with Crippen molar-refractivity contribution in [2.45, 2.75) is 99.0 Å². The van der Waals surface area contributed by atoms with Crippen molar-refractivity contribution in [2.24, 2.45) is 0 Å². The number of aliphatic hydroxyl groups is 2. The number of halogens is 36. The molecule has 4 aromatic heterocycles. The van der Waals surface area contributed by atoms with Gasteiger partial charge in [0.2, 0.25) is 34.5 Å². The van der Waals surface area contributed by atoms with Crippen LogP contribution in [0.3, 0.4) is 0 Å². The highest BCUT2D eigenvalue weighted by molar-refractivity contribution is 6.16. The summed E-state index contributed by atoms with van der Waals surface area (Å²) in [6.45, 7) is -38.5. The van der Waals surface area contributed by atoms with Crippen LogP contribution in [0, 0.1) is 11.8 Å². The van der Waals surface area contributed by atoms with Crippen LogP contribution in [-0.2, 0) is 4.74 Å². The lowest BCUT2D eigenvalue weighted by molar-refractivity contribution is -0.162. The number of ether oxygens (including phenoxy) is 13. The number of alkyl halides is 36. The fourth-order valence-electron chi connectivity index (χ4n) is 11.8. The normalized spacial score (nSPS) is 15.6. The first kappa shape index (κ1) is 98.0. The third kappa shape index (κ3) is 24.7. The van der Waals surface area contributed by atoms with Crippen LogP contribution in [0.25, 0.3) is 89.7 Å². The van der Waals surface area contributed by atoms with E-state index in [1.807, 2.05) is 15.0 Å². The molecule has 0 spiro atoms. The van der Waals surface area contributed by atoms with E-state index in [2.05, 4.69) is 70.2 Å². The summed E-state index contributed by atoms with van der Waals surface area (Å²) in [7, 11) is 0. The van der Waals surface area contributed by atoms with Gasteiger partial charge in [-0.15, -0.1) is 0 Å². The van der Waals surface area contributed by atoms with Crippen LogP contribution in [0.1, 0.15) is 23.8 Å². The molecule has 8 aromatic rings. The van der Waals surface area contributed by atoms with Crippen molar-refractivity contribution in [3.8, 4) is 126 Å². The van der Waals surface area contributed by atoms with Crippen LogP contribution in [0.15, 0.2) is 34.0 Å². The Morgan fingerprint density at radius 2 is 0.608 bits per heavy atom. The molecule has 1 saturated heterocycles. The molecule has 3 aliphatic rings. The molecular formula is C67H40F36N10O17. The fraction of sp³-hybridized carbons (Fsp3) is 0.433. The average molecular weight is 1940 g/mol. The van der Waals surface area contributed by atoms with E-state index >= 15 is 0 Å². The number of H-pyrrole nitrogens is 3. The van der Waals surface area contributed by atoms with Gasteiger partial charge in [0.05, 0.1) is 45.4 Å². The van der Waals surface area contributed by atoms with Gasteiger partial charge in [0.25, 0.3) is 5.56 Å². The van der Waals surface area contributed by atoms with Crippen LogP contribution >= 0.6 is 0 Å². The number of nitrogens with zero attached hydrogens (tertiary/aromatic N) is 7. The smallest absolute Gasteiger partial charge is 0.422 e. The SMILES string of the molecule is O=c1[nH]c(=O)n([C@H]2C[C@H](O)[C@@H](CO)O2)cc1C#Cc1ccc2c(c1)-c1nc-2nc2[nH]c(nc3nc(nc4[nH]c(n1)c1c(OCC(F)(F)F)c(OCC(F)(F)F)c(OCC(F)(F)F)c(OCC(F)(F)F)c41)-c1c(OCC(F)(F)F)c(OCC(F)(F)F)c(OCC(F)(F)F)c(OCC(F)(F)F)c1-3)c1c(OCC(F)(F)F)c(OCC(F)(F)F)c(OCC(F)(F)F)c(OCC(F)(F)F)c21. The topological polar surface area (TPSA) is 324 Å². The number of benzene rings is 4. The number of aromatic amines is 3. The quantitative estimate of drug-likeness (QED) is 0.0248. The first-order valence-electron chi connectivity index (χ1n) is 34.4. The molecule has 8 bridgehead atoms. The van der Waals surface area contributed by atoms with E-state index in [-0.39, 0.29) is 0 Å². The van der Waals surface area contributed by atoms with Gasteiger partial charge < -0.3 is 81.8 Å². The molecule has 1 fully saturated rings. The van der Waals surface area contributed by atoms with Crippen molar-refractivity contribution in [1.82, 2.24) is 49.4 Å². The number of aliphatic hydroxyl groups excluding tert-OH is 2. The molecule has 4 aromatic carbocycles. The van der Waals surface area contributed by atoms with Crippen molar-refractivity contribution < 1.29 is 230 Å². The van der Waals surface area contributed by atoms with E-state index < -0.39 is 366 Å². The van der Waals surface area contributed by atoms with Crippen LogP contribution in [0.4, 0.5) is 158 Å². The zero-order chi connectivity index (χ0) is 96.5. The second-order valence-corrected chi connectivity index (χ2v) is 26.5. The van der Waals surface area contributed by atoms with E-state index in [0.29, 0.717) is 22.9 Å². The van der Waals surface area contributed by atoms with Crippen LogP contribution in [-0.4, -0.2) is 232 Å². The van der Waals surface area contributed by atoms with Crippen molar-refractivity contribution in [1.29, 1.82) is 0 Å². The Morgan fingerprint density at radius 3 is 0.892 bits per heavy atom. The highest BCUT2D eigenvalue weighted by Gasteiger charge is 2.48. The summed E-state index contributed by atoms with van der Waals surface area (Å²) in [4.78, 5) is 55.2. The van der Waals surface area contributed by atoms with E-state index in [0.717, 1.165) is 6.07 Å². The summed E-state index contributed by atoms with van der Waals surface area (Å²) in [5, 5.41) is 12.0. The Balaban J connectivity index is 1.51. The molecule has 3 aliphatic heterocycles. The Kier molecular flexibility index (Phi) is 26.7. The Bertz CT molecular complexity index is 5970. The molecule has 0 unspecified atom stereocenters. The van der Waals surface area contributed by atoms with Gasteiger partial charge in [-0.05, 0) is 18.2 Å². The van der Waals surface area contributed by atoms with Gasteiger partial charge in [-0.1, -0.05) is 11.8 Å². The molecule has 63 heteroatoms. The predicted molar refractivity (Wildman–Crippen MR) is 354 cm³/mol. The first-order valence-corrected chi connectivity index (χ1v) is 34.4. The molecule has 7 heterocycles. The van der Waals surface area contributed by atoms with E-state index in [9.17, 15) is 178 Å². The number of hydrogen-bond acceptors (Lipinski definition) is 23. The molecule has 5 N–H and O–H groups in total. The summed E-state index contributed by atoms with van der Waals surface area (Å²) in [6, 6.07) is 1.95. The third-order valence-electron chi connectivity index (χ3n) is 16.2. The number of hydrogen-bond donors (Lipinski definition) is 5. The molecule has 27 nitrogen and oxygen atoms in total. The van der Waals surface area contributed by atoms with Crippen LogP contribution in [0.5, 0.6) is 69.0 Å². The number of aromatic nitrogens is 10. The second kappa shape index (κ2) is 35.4. The van der Waals surface area contributed by atoms with E-state index in [1.54, 1.807) is 0 Å². The summed E-state index contributed by atoms with van der Waals surface area (Å²) in [5.41, 5.74) is -18.5. The lowest BCUT2D eigenvalue weighted by atomic mass is 10.0. The van der Waals surface area contributed by atoms with E-state index in [1.165, 1.54) is 0 Å². The molecule has 3 atom stereocenters. The minimum atomic E-state index is -6.14. The lowest BCUT2D eigenvalue weighted by Crippen LogP contribution is -2.33. The summed E-state index contributed by atoms with van der Waals surface area (Å²) in [5.74, 6) is -32.7. The molecule has 0 radical (unpaired) electrons. The number of nitrogens with one attached hydrogen (secondary N) is 3. The van der Waals surface area contributed by atoms with Gasteiger partial charge in [0.15, 0.2) is 137 Å². The predicted octanol–water partition coefficient (Wildman–Crippen LogP) is 16.1. The number of fused-ring (bicyclic) bond motifs is 20. The standard InChI is InChI=1S/C67H40F36N10O17/c68-56(69,70)9-118-34-28-30(36(120-11-58(74,75)76)42(126-17-64(92,93)94)40(34)124-15-62(86,87)88)50-107-48(28)105-46-23-4-2-21(1-3-22-7-113(55(117)112-54(22)116)27-6-25(115)26(8-114)130-27)5-24(23)47(104-46)106-49-29-31(37(121-12-59(77,78)79)43(127-18-65(95,96)97)41(125-16-63(89,90)91)35(29)119-10-57(71,72)73)51(108-49)110-53-33-32(52(109-50)111-53)38(122-13-60(80,81)82)44(128-19-66(98,99)100)45(129-20-67(101,102)103)39(33)123-14-61(83,84)85/h2,4-5,7,25-27,114-115H,6,8-20H2,(H,112,116,117)(H2,104,105,106,107,108,109,110,111)/t25-,26+,27+/m0/s1. The maximum atomic E-state index is 14.8. The molecule has 11 rings (SSSR count). The lowest BCUT2D eigenvalue weighted by Gasteiger charge is -2.24. The van der Waals surface area contributed by atoms with Crippen molar-refractivity contribution in [3.63, 3.8) is 0 Å². The Hall–Kier alpha value is -12.6. The minimum absolute atomic E-state index is 0.497. The van der Waals surface area contributed by atoms with Gasteiger partial charge in [-0.2, -0.15) is 158 Å². The first-order chi connectivity index (χ1) is 59.6. The summed E-state index contributed by atoms with van der Waals surface area (Å²) < 4.78 is 591. The molecule has 130 heavy (non-hydrogen) atoms. The van der Waals surface area contributed by atoms with Gasteiger partial charge in [0.1, 0.15) is 40.5 Å². The highest BCUT2D eigenvalue weighted by Crippen LogP contribution is 2.62. The van der Waals surface area contributed by atoms with Crippen LogP contribution < -0.4 is 68.1 Å². The van der Waals surface area contributed by atoms with Crippen molar-refractivity contribution in [2.75, 3.05) is 85.9 Å². The molecule has 0 amide bonds. The maximum Gasteiger partial charge on any atom is 0.422 e.